The number of hydrogen-bond donors (Lipinski definition) is 0. The van der Waals surface area contributed by atoms with Gasteiger partial charge >= 0.3 is 36.4 Å². The van der Waals surface area contributed by atoms with Crippen molar-refractivity contribution in [2.75, 3.05) is 0 Å². The summed E-state index contributed by atoms with van der Waals surface area (Å²) in [5.41, 5.74) is 4.08. The minimum absolute atomic E-state index is 0.0494. The Morgan fingerprint density at radius 2 is 0.690 bits per heavy atom. The van der Waals surface area contributed by atoms with Crippen molar-refractivity contribution in [3.8, 4) is 0 Å². The molecule has 0 aliphatic rings. The van der Waals surface area contributed by atoms with Crippen molar-refractivity contribution in [3.63, 3.8) is 0 Å². The van der Waals surface area contributed by atoms with Gasteiger partial charge in [-0.15, -0.1) is 0 Å². The summed E-state index contributed by atoms with van der Waals surface area (Å²) < 4.78 is 59.6. The topological polar surface area (TPSA) is 0 Å². The molecule has 0 spiro atoms. The molecular weight excluding hydrogens is 520 g/mol. The first-order valence-electron chi connectivity index (χ1n) is 8.61. The van der Waals surface area contributed by atoms with Gasteiger partial charge in [-0.05, 0) is 39.0 Å². The third-order valence-electron chi connectivity index (χ3n) is 3.94. The van der Waals surface area contributed by atoms with Crippen LogP contribution in [0.25, 0.3) is 0 Å². The quantitative estimate of drug-likeness (QED) is 0.180. The van der Waals surface area contributed by atoms with Crippen LogP contribution in [0.3, 0.4) is 0 Å². The molecule has 3 aromatic carbocycles. The molecule has 0 fully saturated rings. The molecule has 0 atom stereocenters. The van der Waals surface area contributed by atoms with E-state index in [1.165, 1.54) is 31.4 Å². The van der Waals surface area contributed by atoms with E-state index in [0.29, 0.717) is 0 Å². The Hall–Kier alpha value is -1.59. The first-order valence-corrected chi connectivity index (χ1v) is 15.6. The summed E-state index contributed by atoms with van der Waals surface area (Å²) >= 11 is -11.2. The van der Waals surface area contributed by atoms with E-state index in [4.69, 9.17) is 0 Å². The van der Waals surface area contributed by atoms with Crippen LogP contribution < -0.4 is 0 Å². The van der Waals surface area contributed by atoms with Crippen molar-refractivity contribution in [2.24, 2.45) is 0 Å². The van der Waals surface area contributed by atoms with E-state index < -0.39 is 19.5 Å². The molecule has 0 nitrogen and oxygen atoms in total. The molecule has 0 radical (unpaired) electrons. The average Bonchev–Trinajstić information content (AvgIpc) is 2.57. The summed E-state index contributed by atoms with van der Waals surface area (Å²) in [5, 5.41) is 0. The molecule has 0 saturated carbocycles. The monoisotopic (exact) mass is 540 g/mol. The maximum absolute atomic E-state index is 11.2. The van der Waals surface area contributed by atoms with Gasteiger partial charge in [0.2, 0.25) is 0 Å². The van der Waals surface area contributed by atoms with Crippen LogP contribution in [0.15, 0.2) is 87.5 Å². The standard InChI is InChI=1S/C21H21S.6FH.Sb/c1-16-10-4-7-13-19(16)22(20-14-8-5-11-17(20)2)21-15-9-6-12-18(21)3;;;;;;;/h4-15H,1-3H3;6*1H;/q+1;;;;;;;+5/p-6. The average molecular weight is 541 g/mol. The SMILES string of the molecule is Cc1ccccc1[S+](c1ccccc1C)c1ccccc1C.[F][Sb-]([F])([F])([F])([F])[F]. The Bertz CT molecular complexity index is 880. The zero-order valence-electron chi connectivity index (χ0n) is 16.1. The Balaban J connectivity index is 0.000000370. The molecule has 0 saturated heterocycles. The molecule has 0 aliphatic heterocycles. The summed E-state index contributed by atoms with van der Waals surface area (Å²) in [6, 6.07) is 26.3. The summed E-state index contributed by atoms with van der Waals surface area (Å²) in [5.74, 6) is 0. The fourth-order valence-electron chi connectivity index (χ4n) is 2.71. The van der Waals surface area contributed by atoms with Gasteiger partial charge in [0.05, 0.1) is 0 Å². The van der Waals surface area contributed by atoms with E-state index in [9.17, 15) is 16.9 Å². The van der Waals surface area contributed by atoms with Crippen LogP contribution in [0.4, 0.5) is 16.9 Å². The second kappa shape index (κ2) is 7.92. The van der Waals surface area contributed by atoms with Gasteiger partial charge in [-0.25, -0.2) is 0 Å². The molecule has 0 amide bonds. The molecule has 0 unspecified atom stereocenters. The number of halogens is 6. The number of benzene rings is 3. The Morgan fingerprint density at radius 1 is 0.483 bits per heavy atom. The molecular formula is C21H21F6SSb. The Kier molecular flexibility index (Phi) is 6.47. The molecule has 0 heterocycles. The number of rotatable bonds is 3. The van der Waals surface area contributed by atoms with E-state index >= 15 is 0 Å². The maximum atomic E-state index is 9.93. The van der Waals surface area contributed by atoms with Gasteiger partial charge in [0.1, 0.15) is 10.9 Å². The van der Waals surface area contributed by atoms with E-state index in [1.54, 1.807) is 0 Å². The molecule has 0 bridgehead atoms. The van der Waals surface area contributed by atoms with Crippen molar-refractivity contribution >= 4 is 30.4 Å². The van der Waals surface area contributed by atoms with E-state index in [0.717, 1.165) is 0 Å². The molecule has 0 aliphatic carbocycles. The van der Waals surface area contributed by atoms with Gasteiger partial charge in [0.25, 0.3) is 0 Å². The van der Waals surface area contributed by atoms with Crippen LogP contribution in [-0.4, -0.2) is 19.5 Å². The second-order valence-corrected chi connectivity index (χ2v) is 14.0. The van der Waals surface area contributed by atoms with Crippen LogP contribution >= 0.6 is 0 Å². The van der Waals surface area contributed by atoms with E-state index in [1.807, 2.05) is 0 Å². The Labute approximate surface area is 171 Å². The molecule has 3 rings (SSSR count). The number of aryl methyl sites for hydroxylation is 3. The van der Waals surface area contributed by atoms with Gasteiger partial charge < -0.3 is 0 Å². The van der Waals surface area contributed by atoms with Gasteiger partial charge in [0.15, 0.2) is 14.7 Å². The molecule has 0 N–H and O–H groups in total. The van der Waals surface area contributed by atoms with Crippen LogP contribution in [0.2, 0.25) is 0 Å². The zero-order chi connectivity index (χ0) is 21.9. The predicted octanol–water partition coefficient (Wildman–Crippen LogP) is 7.85. The fraction of sp³-hybridized carbons (Fsp3) is 0.143. The van der Waals surface area contributed by atoms with E-state index in [2.05, 4.69) is 93.6 Å². The van der Waals surface area contributed by atoms with Crippen LogP contribution in [0.1, 0.15) is 16.7 Å². The zero-order valence-corrected chi connectivity index (χ0v) is 19.4. The normalized spacial score (nSPS) is 13.9. The van der Waals surface area contributed by atoms with Crippen LogP contribution in [0.5, 0.6) is 0 Å². The van der Waals surface area contributed by atoms with Crippen molar-refractivity contribution in [1.82, 2.24) is 0 Å². The predicted molar refractivity (Wildman–Crippen MR) is 108 cm³/mol. The summed E-state index contributed by atoms with van der Waals surface area (Å²) in [6.45, 7) is 6.64. The molecule has 3 aromatic rings. The summed E-state index contributed by atoms with van der Waals surface area (Å²) in [7, 11) is -0.0494. The van der Waals surface area contributed by atoms with Gasteiger partial charge in [-0.1, -0.05) is 54.6 Å². The van der Waals surface area contributed by atoms with E-state index in [-0.39, 0.29) is 10.9 Å². The summed E-state index contributed by atoms with van der Waals surface area (Å²) in [4.78, 5) is 4.27. The van der Waals surface area contributed by atoms with Gasteiger partial charge in [-0.2, -0.15) is 0 Å². The molecule has 8 heteroatoms. The fourth-order valence-corrected chi connectivity index (χ4v) is 5.24. The van der Waals surface area contributed by atoms with Crippen LogP contribution in [-0.2, 0) is 10.9 Å². The minimum atomic E-state index is -11.2. The van der Waals surface area contributed by atoms with Crippen molar-refractivity contribution in [1.29, 1.82) is 0 Å². The van der Waals surface area contributed by atoms with Crippen molar-refractivity contribution < 1.29 is 16.9 Å². The first-order chi connectivity index (χ1) is 13.1. The van der Waals surface area contributed by atoms with Gasteiger partial charge in [-0.3, -0.25) is 0 Å². The first kappa shape index (κ1) is 23.7. The van der Waals surface area contributed by atoms with Crippen molar-refractivity contribution in [2.45, 2.75) is 35.5 Å². The Morgan fingerprint density at radius 3 is 0.897 bits per heavy atom. The van der Waals surface area contributed by atoms with Crippen LogP contribution in [0, 0.1) is 20.8 Å². The van der Waals surface area contributed by atoms with Crippen molar-refractivity contribution in [3.05, 3.63) is 89.5 Å². The molecule has 29 heavy (non-hydrogen) atoms. The number of hydrogen-bond acceptors (Lipinski definition) is 0. The second-order valence-electron chi connectivity index (χ2n) is 6.56. The molecule has 0 aromatic heterocycles. The third-order valence-corrected chi connectivity index (χ3v) is 6.63. The summed E-state index contributed by atoms with van der Waals surface area (Å²) in [6.07, 6.45) is 0. The molecule has 158 valence electrons. The van der Waals surface area contributed by atoms with Gasteiger partial charge in [0, 0.05) is 16.7 Å². The third kappa shape index (κ3) is 8.35.